The first-order valence-corrected chi connectivity index (χ1v) is 10.3. The first kappa shape index (κ1) is 18.6. The van der Waals surface area contributed by atoms with Crippen LogP contribution in [0.4, 0.5) is 5.69 Å². The second-order valence-corrected chi connectivity index (χ2v) is 7.85. The molecule has 1 aliphatic carbocycles. The number of hydrogen-bond donors (Lipinski definition) is 0. The number of rotatable bonds is 4. The van der Waals surface area contributed by atoms with Gasteiger partial charge in [0.2, 0.25) is 0 Å². The van der Waals surface area contributed by atoms with E-state index in [0.717, 1.165) is 22.4 Å². The van der Waals surface area contributed by atoms with E-state index in [2.05, 4.69) is 30.4 Å². The predicted octanol–water partition coefficient (Wildman–Crippen LogP) is 5.64. The summed E-state index contributed by atoms with van der Waals surface area (Å²) < 4.78 is 0. The summed E-state index contributed by atoms with van der Waals surface area (Å²) in [6, 6.07) is 27.5. The Morgan fingerprint density at radius 2 is 1.57 bits per heavy atom. The van der Waals surface area contributed by atoms with Crippen molar-refractivity contribution in [2.24, 2.45) is 5.92 Å². The summed E-state index contributed by atoms with van der Waals surface area (Å²) in [5, 5.41) is 1.81. The standard InChI is InChI=1S/C27H23NO2/c1-19-12-14-21(15-13-19)27(29)26-25-22(18-20-8-4-2-5-9-20)16-17-24(25)30-28(26)23-10-6-3-7-11-23/h2-18,24-26H,1H3/b22-18+/t24-,25+,26+/m1/s1. The molecule has 1 aliphatic heterocycles. The average Bonchev–Trinajstić information content (AvgIpc) is 3.35. The van der Waals surface area contributed by atoms with Crippen LogP contribution in [0.2, 0.25) is 0 Å². The molecule has 3 nitrogen and oxygen atoms in total. The van der Waals surface area contributed by atoms with Crippen molar-refractivity contribution >= 4 is 17.5 Å². The Bertz CT molecular complexity index is 1100. The number of fused-ring (bicyclic) bond motifs is 1. The van der Waals surface area contributed by atoms with Gasteiger partial charge in [0.15, 0.2) is 5.78 Å². The van der Waals surface area contributed by atoms with Crippen LogP contribution in [-0.2, 0) is 4.84 Å². The maximum absolute atomic E-state index is 13.7. The minimum absolute atomic E-state index is 0.0563. The van der Waals surface area contributed by atoms with Crippen LogP contribution < -0.4 is 5.06 Å². The van der Waals surface area contributed by atoms with Crippen LogP contribution in [0.25, 0.3) is 6.08 Å². The van der Waals surface area contributed by atoms with Crippen LogP contribution in [0.3, 0.4) is 0 Å². The number of hydroxylamine groups is 1. The van der Waals surface area contributed by atoms with Gasteiger partial charge in [-0.2, -0.15) is 0 Å². The Labute approximate surface area is 176 Å². The fraction of sp³-hybridized carbons (Fsp3) is 0.148. The predicted molar refractivity (Wildman–Crippen MR) is 120 cm³/mol. The van der Waals surface area contributed by atoms with E-state index in [9.17, 15) is 4.79 Å². The summed E-state index contributed by atoms with van der Waals surface area (Å²) in [5.74, 6) is 0.0215. The Morgan fingerprint density at radius 3 is 2.27 bits per heavy atom. The molecule has 0 N–H and O–H groups in total. The molecule has 1 heterocycles. The lowest BCUT2D eigenvalue weighted by Crippen LogP contribution is -2.40. The van der Waals surface area contributed by atoms with Gasteiger partial charge in [-0.05, 0) is 30.2 Å². The maximum Gasteiger partial charge on any atom is 0.188 e. The third kappa shape index (κ3) is 3.38. The summed E-state index contributed by atoms with van der Waals surface area (Å²) in [6.45, 7) is 2.03. The summed E-state index contributed by atoms with van der Waals surface area (Å²) in [6.07, 6.45) is 6.17. The lowest BCUT2D eigenvalue weighted by Gasteiger charge is -2.26. The molecule has 148 valence electrons. The molecule has 0 saturated carbocycles. The molecule has 0 amide bonds. The van der Waals surface area contributed by atoms with Crippen molar-refractivity contribution in [2.45, 2.75) is 19.1 Å². The number of carbonyl (C=O) groups is 1. The van der Waals surface area contributed by atoms with E-state index in [1.165, 1.54) is 0 Å². The SMILES string of the molecule is Cc1ccc(C(=O)[C@@H]2[C@H]3/C(=C/c4ccccc4)C=C[C@H]3ON2c2ccccc2)cc1. The zero-order valence-corrected chi connectivity index (χ0v) is 16.8. The van der Waals surface area contributed by atoms with E-state index >= 15 is 0 Å². The van der Waals surface area contributed by atoms with Gasteiger partial charge in [-0.3, -0.25) is 9.63 Å². The van der Waals surface area contributed by atoms with E-state index in [4.69, 9.17) is 4.84 Å². The fourth-order valence-corrected chi connectivity index (χ4v) is 4.27. The Hall–Kier alpha value is -3.43. The van der Waals surface area contributed by atoms with Crippen molar-refractivity contribution in [1.29, 1.82) is 0 Å². The largest absolute Gasteiger partial charge is 0.292 e. The molecular weight excluding hydrogens is 370 g/mol. The van der Waals surface area contributed by atoms with Crippen molar-refractivity contribution in [3.8, 4) is 0 Å². The normalized spacial score (nSPS) is 23.7. The van der Waals surface area contributed by atoms with Crippen molar-refractivity contribution < 1.29 is 9.63 Å². The summed E-state index contributed by atoms with van der Waals surface area (Å²) in [4.78, 5) is 20.0. The van der Waals surface area contributed by atoms with Crippen LogP contribution in [0.5, 0.6) is 0 Å². The quantitative estimate of drug-likeness (QED) is 0.538. The number of benzene rings is 3. The minimum atomic E-state index is -0.426. The number of anilines is 1. The van der Waals surface area contributed by atoms with Gasteiger partial charge in [0.05, 0.1) is 5.69 Å². The molecule has 1 fully saturated rings. The Balaban J connectivity index is 1.57. The maximum atomic E-state index is 13.7. The van der Waals surface area contributed by atoms with Crippen LogP contribution in [-0.4, -0.2) is 17.9 Å². The topological polar surface area (TPSA) is 29.5 Å². The van der Waals surface area contributed by atoms with Crippen LogP contribution in [0, 0.1) is 12.8 Å². The van der Waals surface area contributed by atoms with Crippen molar-refractivity contribution in [3.63, 3.8) is 0 Å². The molecule has 0 unspecified atom stereocenters. The van der Waals surface area contributed by atoms with Gasteiger partial charge in [-0.25, -0.2) is 5.06 Å². The monoisotopic (exact) mass is 393 g/mol. The zero-order valence-electron chi connectivity index (χ0n) is 16.8. The molecule has 30 heavy (non-hydrogen) atoms. The highest BCUT2D eigenvalue weighted by Gasteiger charge is 2.50. The number of Topliss-reactive ketones (excluding diaryl/α,β-unsaturated/α-hetero) is 1. The van der Waals surface area contributed by atoms with Crippen molar-refractivity contribution in [3.05, 3.63) is 119 Å². The molecule has 2 aliphatic rings. The number of carbonyl (C=O) groups excluding carboxylic acids is 1. The second kappa shape index (κ2) is 7.77. The number of aryl methyl sites for hydroxylation is 1. The highest BCUT2D eigenvalue weighted by Crippen LogP contribution is 2.43. The molecule has 5 rings (SSSR count). The fourth-order valence-electron chi connectivity index (χ4n) is 4.27. The highest BCUT2D eigenvalue weighted by molar-refractivity contribution is 6.03. The molecule has 3 aromatic rings. The number of hydrogen-bond acceptors (Lipinski definition) is 3. The number of ketones is 1. The first-order chi connectivity index (χ1) is 14.7. The number of allylic oxidation sites excluding steroid dienone is 1. The van der Waals surface area contributed by atoms with Gasteiger partial charge in [0, 0.05) is 11.5 Å². The van der Waals surface area contributed by atoms with Gasteiger partial charge in [-0.15, -0.1) is 0 Å². The Kier molecular flexibility index (Phi) is 4.82. The Morgan fingerprint density at radius 1 is 0.900 bits per heavy atom. The number of para-hydroxylation sites is 1. The first-order valence-electron chi connectivity index (χ1n) is 10.3. The average molecular weight is 393 g/mol. The molecule has 3 atom stereocenters. The van der Waals surface area contributed by atoms with Gasteiger partial charge in [0.25, 0.3) is 0 Å². The van der Waals surface area contributed by atoms with E-state index in [1.54, 1.807) is 5.06 Å². The van der Waals surface area contributed by atoms with E-state index < -0.39 is 6.04 Å². The smallest absolute Gasteiger partial charge is 0.188 e. The molecule has 0 bridgehead atoms. The molecular formula is C27H23NO2. The molecule has 0 radical (unpaired) electrons. The van der Waals surface area contributed by atoms with Gasteiger partial charge in [0.1, 0.15) is 12.1 Å². The third-order valence-electron chi connectivity index (χ3n) is 5.79. The third-order valence-corrected chi connectivity index (χ3v) is 5.79. The molecule has 1 saturated heterocycles. The zero-order chi connectivity index (χ0) is 20.5. The van der Waals surface area contributed by atoms with Gasteiger partial charge < -0.3 is 0 Å². The second-order valence-electron chi connectivity index (χ2n) is 7.85. The van der Waals surface area contributed by atoms with Crippen LogP contribution in [0.1, 0.15) is 21.5 Å². The molecule has 3 aromatic carbocycles. The molecule has 0 spiro atoms. The highest BCUT2D eigenvalue weighted by atomic mass is 16.7. The summed E-state index contributed by atoms with van der Waals surface area (Å²) in [7, 11) is 0. The summed E-state index contributed by atoms with van der Waals surface area (Å²) in [5.41, 5.74) is 4.98. The molecule has 0 aromatic heterocycles. The number of nitrogens with zero attached hydrogens (tertiary/aromatic N) is 1. The van der Waals surface area contributed by atoms with Crippen LogP contribution in [0.15, 0.2) is 103 Å². The van der Waals surface area contributed by atoms with E-state index in [-0.39, 0.29) is 17.8 Å². The van der Waals surface area contributed by atoms with Gasteiger partial charge in [-0.1, -0.05) is 96.6 Å². The van der Waals surface area contributed by atoms with Crippen LogP contribution >= 0.6 is 0 Å². The summed E-state index contributed by atoms with van der Waals surface area (Å²) >= 11 is 0. The van der Waals surface area contributed by atoms with E-state index in [1.807, 2.05) is 79.7 Å². The minimum Gasteiger partial charge on any atom is -0.292 e. The lowest BCUT2D eigenvalue weighted by molar-refractivity contribution is 0.0885. The van der Waals surface area contributed by atoms with Gasteiger partial charge >= 0.3 is 0 Å². The van der Waals surface area contributed by atoms with E-state index in [0.29, 0.717) is 5.56 Å². The molecule has 3 heteroatoms. The van der Waals surface area contributed by atoms with Crippen molar-refractivity contribution in [2.75, 3.05) is 5.06 Å². The lowest BCUT2D eigenvalue weighted by atomic mass is 9.86. The van der Waals surface area contributed by atoms with Crippen molar-refractivity contribution in [1.82, 2.24) is 0 Å².